The number of benzene rings is 2. The Morgan fingerprint density at radius 2 is 1.44 bits per heavy atom. The van der Waals surface area contributed by atoms with E-state index < -0.39 is 0 Å². The van der Waals surface area contributed by atoms with Crippen molar-refractivity contribution in [1.29, 1.82) is 0 Å². The molecule has 0 bridgehead atoms. The van der Waals surface area contributed by atoms with Gasteiger partial charge in [-0.1, -0.05) is 54.1 Å². The zero-order chi connectivity index (χ0) is 19.1. The van der Waals surface area contributed by atoms with Crippen molar-refractivity contribution in [2.45, 2.75) is 13.1 Å². The van der Waals surface area contributed by atoms with Gasteiger partial charge in [-0.3, -0.25) is 14.6 Å². The molecule has 0 fully saturated rings. The lowest BCUT2D eigenvalue weighted by Crippen LogP contribution is -2.26. The van der Waals surface area contributed by atoms with Crippen LogP contribution >= 0.6 is 11.6 Å². The number of hydrogen-bond donors (Lipinski definition) is 2. The van der Waals surface area contributed by atoms with Gasteiger partial charge >= 0.3 is 0 Å². The summed E-state index contributed by atoms with van der Waals surface area (Å²) >= 11 is 5.85. The average Bonchev–Trinajstić information content (AvgIpc) is 2.72. The lowest BCUT2D eigenvalue weighted by Gasteiger charge is -2.08. The number of carbonyl (C=O) groups is 2. The first-order chi connectivity index (χ1) is 13.1. The van der Waals surface area contributed by atoms with Crippen molar-refractivity contribution < 1.29 is 9.59 Å². The zero-order valence-electron chi connectivity index (χ0n) is 14.5. The average molecular weight is 380 g/mol. The van der Waals surface area contributed by atoms with E-state index in [9.17, 15) is 9.59 Å². The van der Waals surface area contributed by atoms with Gasteiger partial charge in [0, 0.05) is 29.9 Å². The van der Waals surface area contributed by atoms with Crippen molar-refractivity contribution in [3.63, 3.8) is 0 Å². The highest BCUT2D eigenvalue weighted by Gasteiger charge is 2.11. The van der Waals surface area contributed by atoms with Crippen LogP contribution in [0.2, 0.25) is 5.02 Å². The smallest absolute Gasteiger partial charge is 0.270 e. The van der Waals surface area contributed by atoms with Gasteiger partial charge in [0.2, 0.25) is 0 Å². The summed E-state index contributed by atoms with van der Waals surface area (Å²) in [6.07, 6.45) is 1.45. The molecule has 3 aromatic rings. The van der Waals surface area contributed by atoms with Crippen LogP contribution in [0, 0.1) is 0 Å². The van der Waals surface area contributed by atoms with Crippen LogP contribution in [0.15, 0.2) is 72.9 Å². The SMILES string of the molecule is O=C(NCc1ccc(Cl)cc1)c1ccnc(C(=O)NCc2ccccc2)c1. The van der Waals surface area contributed by atoms with Gasteiger partial charge in [0.25, 0.3) is 11.8 Å². The monoisotopic (exact) mass is 379 g/mol. The Bertz CT molecular complexity index is 928. The van der Waals surface area contributed by atoms with E-state index in [1.54, 1.807) is 18.2 Å². The number of pyridine rings is 1. The van der Waals surface area contributed by atoms with Gasteiger partial charge in [-0.2, -0.15) is 0 Å². The van der Waals surface area contributed by atoms with Gasteiger partial charge in [-0.05, 0) is 35.4 Å². The first-order valence-electron chi connectivity index (χ1n) is 8.42. The number of nitrogens with zero attached hydrogens (tertiary/aromatic N) is 1. The molecule has 0 unspecified atom stereocenters. The van der Waals surface area contributed by atoms with Crippen molar-refractivity contribution in [1.82, 2.24) is 15.6 Å². The fourth-order valence-electron chi connectivity index (χ4n) is 2.45. The molecule has 27 heavy (non-hydrogen) atoms. The summed E-state index contributed by atoms with van der Waals surface area (Å²) in [6.45, 7) is 0.766. The van der Waals surface area contributed by atoms with Crippen LogP contribution in [0.25, 0.3) is 0 Å². The molecular formula is C21H18ClN3O2. The molecule has 2 amide bonds. The van der Waals surface area contributed by atoms with Crippen LogP contribution in [0.3, 0.4) is 0 Å². The number of carbonyl (C=O) groups excluding carboxylic acids is 2. The highest BCUT2D eigenvalue weighted by molar-refractivity contribution is 6.30. The molecule has 0 atom stereocenters. The number of rotatable bonds is 6. The van der Waals surface area contributed by atoms with Gasteiger partial charge in [-0.15, -0.1) is 0 Å². The molecule has 0 spiro atoms. The van der Waals surface area contributed by atoms with Crippen molar-refractivity contribution >= 4 is 23.4 Å². The number of aromatic nitrogens is 1. The van der Waals surface area contributed by atoms with E-state index in [0.717, 1.165) is 11.1 Å². The predicted molar refractivity (Wildman–Crippen MR) is 104 cm³/mol. The zero-order valence-corrected chi connectivity index (χ0v) is 15.2. The normalized spacial score (nSPS) is 10.3. The molecule has 6 heteroatoms. The Hall–Kier alpha value is -3.18. The molecule has 0 radical (unpaired) electrons. The fourth-order valence-corrected chi connectivity index (χ4v) is 2.58. The van der Waals surface area contributed by atoms with Crippen LogP contribution in [0.5, 0.6) is 0 Å². The number of hydrogen-bond acceptors (Lipinski definition) is 3. The van der Waals surface area contributed by atoms with E-state index >= 15 is 0 Å². The molecule has 2 aromatic carbocycles. The Morgan fingerprint density at radius 1 is 0.815 bits per heavy atom. The molecule has 0 aliphatic carbocycles. The first kappa shape index (κ1) is 18.6. The second-order valence-electron chi connectivity index (χ2n) is 5.91. The van der Waals surface area contributed by atoms with Crippen molar-refractivity contribution in [3.05, 3.63) is 100 Å². The van der Waals surface area contributed by atoms with Gasteiger partial charge in [0.05, 0.1) is 0 Å². The van der Waals surface area contributed by atoms with Gasteiger partial charge in [0.1, 0.15) is 5.69 Å². The maximum absolute atomic E-state index is 12.3. The van der Waals surface area contributed by atoms with Crippen LogP contribution in [-0.4, -0.2) is 16.8 Å². The molecule has 0 aliphatic heterocycles. The number of amides is 2. The Kier molecular flexibility index (Phi) is 6.18. The molecule has 1 aromatic heterocycles. The van der Waals surface area contributed by atoms with Crippen molar-refractivity contribution in [3.8, 4) is 0 Å². The van der Waals surface area contributed by atoms with Gasteiger partial charge in [0.15, 0.2) is 0 Å². The maximum Gasteiger partial charge on any atom is 0.270 e. The lowest BCUT2D eigenvalue weighted by atomic mass is 10.2. The van der Waals surface area contributed by atoms with Crippen LogP contribution < -0.4 is 10.6 Å². The molecular weight excluding hydrogens is 362 g/mol. The third-order valence-electron chi connectivity index (χ3n) is 3.92. The fraction of sp³-hybridized carbons (Fsp3) is 0.0952. The van der Waals surface area contributed by atoms with E-state index in [2.05, 4.69) is 15.6 Å². The van der Waals surface area contributed by atoms with Crippen LogP contribution in [0.4, 0.5) is 0 Å². The van der Waals surface area contributed by atoms with E-state index in [-0.39, 0.29) is 17.5 Å². The second-order valence-corrected chi connectivity index (χ2v) is 6.34. The highest BCUT2D eigenvalue weighted by atomic mass is 35.5. The lowest BCUT2D eigenvalue weighted by molar-refractivity contribution is 0.0946. The summed E-state index contributed by atoms with van der Waals surface area (Å²) in [7, 11) is 0. The molecule has 2 N–H and O–H groups in total. The third-order valence-corrected chi connectivity index (χ3v) is 4.17. The third kappa shape index (κ3) is 5.39. The van der Waals surface area contributed by atoms with Crippen molar-refractivity contribution in [2.75, 3.05) is 0 Å². The summed E-state index contributed by atoms with van der Waals surface area (Å²) in [4.78, 5) is 28.7. The largest absolute Gasteiger partial charge is 0.348 e. The molecule has 3 rings (SSSR count). The quantitative estimate of drug-likeness (QED) is 0.687. The van der Waals surface area contributed by atoms with E-state index in [1.165, 1.54) is 12.3 Å². The minimum atomic E-state index is -0.328. The molecule has 0 aliphatic rings. The standard InChI is InChI=1S/C21H18ClN3O2/c22-18-8-6-16(7-9-18)14-24-20(26)17-10-11-23-19(12-17)21(27)25-13-15-4-2-1-3-5-15/h1-12H,13-14H2,(H,24,26)(H,25,27). The summed E-state index contributed by atoms with van der Waals surface area (Å²) in [5.41, 5.74) is 2.50. The number of halogens is 1. The summed E-state index contributed by atoms with van der Waals surface area (Å²) in [5.74, 6) is -0.601. The summed E-state index contributed by atoms with van der Waals surface area (Å²) in [6, 6.07) is 19.9. The minimum Gasteiger partial charge on any atom is -0.348 e. The van der Waals surface area contributed by atoms with Crippen LogP contribution in [0.1, 0.15) is 32.0 Å². The summed E-state index contributed by atoms with van der Waals surface area (Å²) in [5, 5.41) is 6.26. The maximum atomic E-state index is 12.3. The van der Waals surface area contributed by atoms with Gasteiger partial charge < -0.3 is 10.6 Å². The Labute approximate surface area is 162 Å². The van der Waals surface area contributed by atoms with Crippen molar-refractivity contribution in [2.24, 2.45) is 0 Å². The second kappa shape index (κ2) is 8.96. The Balaban J connectivity index is 1.59. The highest BCUT2D eigenvalue weighted by Crippen LogP contribution is 2.10. The topological polar surface area (TPSA) is 71.1 Å². The van der Waals surface area contributed by atoms with E-state index in [0.29, 0.717) is 23.7 Å². The molecule has 136 valence electrons. The van der Waals surface area contributed by atoms with Crippen LogP contribution in [-0.2, 0) is 13.1 Å². The predicted octanol–water partition coefficient (Wildman–Crippen LogP) is 3.60. The molecule has 0 saturated heterocycles. The Morgan fingerprint density at radius 3 is 2.15 bits per heavy atom. The minimum absolute atomic E-state index is 0.199. The molecule has 0 saturated carbocycles. The van der Waals surface area contributed by atoms with E-state index in [4.69, 9.17) is 11.6 Å². The summed E-state index contributed by atoms with van der Waals surface area (Å²) < 4.78 is 0. The molecule has 1 heterocycles. The first-order valence-corrected chi connectivity index (χ1v) is 8.80. The molecule has 5 nitrogen and oxygen atoms in total. The van der Waals surface area contributed by atoms with Gasteiger partial charge in [-0.25, -0.2) is 0 Å². The number of nitrogens with one attached hydrogen (secondary N) is 2. The van der Waals surface area contributed by atoms with E-state index in [1.807, 2.05) is 42.5 Å².